The topological polar surface area (TPSA) is 42.0 Å². The zero-order valence-electron chi connectivity index (χ0n) is 16.8. The highest BCUT2D eigenvalue weighted by Gasteiger charge is 2.17. The van der Waals surface area contributed by atoms with E-state index in [-0.39, 0.29) is 18.5 Å². The summed E-state index contributed by atoms with van der Waals surface area (Å²) in [5, 5.41) is 0. The van der Waals surface area contributed by atoms with Crippen LogP contribution in [0.4, 0.5) is 10.5 Å². The van der Waals surface area contributed by atoms with Crippen LogP contribution in [0.15, 0.2) is 24.3 Å². The molecule has 5 nitrogen and oxygen atoms in total. The van der Waals surface area contributed by atoms with Crippen molar-refractivity contribution >= 4 is 24.2 Å². The van der Waals surface area contributed by atoms with Gasteiger partial charge in [0, 0.05) is 19.2 Å². The Morgan fingerprint density at radius 1 is 1.11 bits per heavy atom. The second kappa shape index (κ2) is 13.7. The minimum Gasteiger partial charge on any atom is -0.494 e. The molecule has 6 heteroatoms. The normalized spacial score (nSPS) is 14.3. The molecule has 1 aromatic rings. The van der Waals surface area contributed by atoms with Gasteiger partial charge in [-0.25, -0.2) is 4.79 Å². The molecule has 27 heavy (non-hydrogen) atoms. The summed E-state index contributed by atoms with van der Waals surface area (Å²) in [6.07, 6.45) is 6.93. The number of hydrogen-bond acceptors (Lipinski definition) is 4. The van der Waals surface area contributed by atoms with E-state index in [1.807, 2.05) is 31.2 Å². The number of likely N-dealkylation sites (tertiary alicyclic amines) is 1. The number of hydrogen-bond donors (Lipinski definition) is 0. The van der Waals surface area contributed by atoms with Gasteiger partial charge in [-0.1, -0.05) is 32.3 Å². The molecular weight excluding hydrogens is 364 g/mol. The van der Waals surface area contributed by atoms with Crippen molar-refractivity contribution in [2.75, 3.05) is 44.3 Å². The van der Waals surface area contributed by atoms with Crippen LogP contribution in [-0.2, 0) is 4.74 Å². The number of halogens is 1. The van der Waals surface area contributed by atoms with E-state index < -0.39 is 0 Å². The molecule has 1 aliphatic heterocycles. The summed E-state index contributed by atoms with van der Waals surface area (Å²) in [5.74, 6) is 0.804. The third-order valence-electron chi connectivity index (χ3n) is 4.76. The fourth-order valence-corrected chi connectivity index (χ4v) is 3.22. The van der Waals surface area contributed by atoms with Crippen molar-refractivity contribution in [2.24, 2.45) is 0 Å². The fraction of sp³-hybridized carbons (Fsp3) is 0.667. The summed E-state index contributed by atoms with van der Waals surface area (Å²) in [4.78, 5) is 16.5. The number of nitrogens with zero attached hydrogens (tertiary/aromatic N) is 2. The summed E-state index contributed by atoms with van der Waals surface area (Å²) in [7, 11) is 0. The molecule has 2 rings (SSSR count). The lowest BCUT2D eigenvalue weighted by atomic mass is 10.1. The minimum atomic E-state index is -0.285. The van der Waals surface area contributed by atoms with Gasteiger partial charge in [0.2, 0.25) is 0 Å². The summed E-state index contributed by atoms with van der Waals surface area (Å²) >= 11 is 0. The van der Waals surface area contributed by atoms with Crippen LogP contribution < -0.4 is 9.64 Å². The van der Waals surface area contributed by atoms with Gasteiger partial charge < -0.3 is 9.47 Å². The predicted octanol–water partition coefficient (Wildman–Crippen LogP) is 5.13. The van der Waals surface area contributed by atoms with Crippen LogP contribution in [0.2, 0.25) is 0 Å². The lowest BCUT2D eigenvalue weighted by Crippen LogP contribution is -2.36. The molecule has 0 bridgehead atoms. The average Bonchev–Trinajstić information content (AvgIpc) is 2.67. The highest BCUT2D eigenvalue weighted by Crippen LogP contribution is 2.22. The number of anilines is 1. The maximum absolute atomic E-state index is 12.5. The lowest BCUT2D eigenvalue weighted by Gasteiger charge is -2.27. The number of carbonyl (C=O) groups is 1. The first-order chi connectivity index (χ1) is 12.7. The standard InChI is InChI=1S/C21H34N2O3.ClH/c1-3-5-9-16-25-20-12-10-11-19(18-20)23(4-2)21(24)26-17-15-22-13-7-6-8-14-22;/h10-12,18H,3-9,13-17H2,1-2H3;1H. The van der Waals surface area contributed by atoms with E-state index >= 15 is 0 Å². The Bertz CT molecular complexity index is 536. The van der Waals surface area contributed by atoms with Crippen molar-refractivity contribution in [3.05, 3.63) is 24.3 Å². The fourth-order valence-electron chi connectivity index (χ4n) is 3.22. The molecule has 0 atom stereocenters. The Morgan fingerprint density at radius 2 is 1.89 bits per heavy atom. The van der Waals surface area contributed by atoms with Crippen molar-refractivity contribution in [3.8, 4) is 5.75 Å². The molecule has 0 radical (unpaired) electrons. The van der Waals surface area contributed by atoms with E-state index in [0.717, 1.165) is 37.5 Å². The van der Waals surface area contributed by atoms with Crippen LogP contribution in [0.1, 0.15) is 52.4 Å². The number of amides is 1. The van der Waals surface area contributed by atoms with Gasteiger partial charge in [-0.05, 0) is 51.4 Å². The molecule has 0 saturated carbocycles. The van der Waals surface area contributed by atoms with Crippen LogP contribution >= 0.6 is 12.4 Å². The summed E-state index contributed by atoms with van der Waals surface area (Å²) in [5.41, 5.74) is 0.823. The predicted molar refractivity (Wildman–Crippen MR) is 113 cm³/mol. The van der Waals surface area contributed by atoms with Gasteiger partial charge in [-0.15, -0.1) is 12.4 Å². The highest BCUT2D eigenvalue weighted by atomic mass is 35.5. The number of benzene rings is 1. The Hall–Kier alpha value is -1.46. The SMILES string of the molecule is CCCCCOc1cccc(N(CC)C(=O)OCCN2CCCCC2)c1.Cl. The van der Waals surface area contributed by atoms with Gasteiger partial charge in [0.15, 0.2) is 0 Å². The average molecular weight is 399 g/mol. The summed E-state index contributed by atoms with van der Waals surface area (Å²) in [6, 6.07) is 7.70. The molecule has 154 valence electrons. The van der Waals surface area contributed by atoms with Gasteiger partial charge >= 0.3 is 6.09 Å². The number of ether oxygens (including phenoxy) is 2. The Kier molecular flexibility index (Phi) is 11.9. The molecule has 1 amide bonds. The lowest BCUT2D eigenvalue weighted by molar-refractivity contribution is 0.126. The van der Waals surface area contributed by atoms with E-state index in [9.17, 15) is 4.79 Å². The van der Waals surface area contributed by atoms with E-state index in [2.05, 4.69) is 11.8 Å². The molecule has 1 aliphatic rings. The summed E-state index contributed by atoms with van der Waals surface area (Å²) in [6.45, 7) is 8.92. The molecule has 1 heterocycles. The van der Waals surface area contributed by atoms with Gasteiger partial charge in [0.05, 0.1) is 12.3 Å². The Balaban J connectivity index is 0.00000364. The van der Waals surface area contributed by atoms with E-state index in [1.165, 1.54) is 32.1 Å². The maximum atomic E-state index is 12.5. The van der Waals surface area contributed by atoms with Crippen LogP contribution in [0, 0.1) is 0 Å². The molecule has 1 saturated heterocycles. The van der Waals surface area contributed by atoms with Crippen molar-refractivity contribution in [1.82, 2.24) is 4.90 Å². The number of carbonyl (C=O) groups excluding carboxylic acids is 1. The molecule has 0 spiro atoms. The van der Waals surface area contributed by atoms with Crippen molar-refractivity contribution in [3.63, 3.8) is 0 Å². The smallest absolute Gasteiger partial charge is 0.414 e. The molecule has 0 aliphatic carbocycles. The zero-order valence-corrected chi connectivity index (χ0v) is 17.6. The number of rotatable bonds is 10. The van der Waals surface area contributed by atoms with Crippen molar-refractivity contribution < 1.29 is 14.3 Å². The van der Waals surface area contributed by atoms with Crippen LogP contribution in [0.3, 0.4) is 0 Å². The molecular formula is C21H35ClN2O3. The van der Waals surface area contributed by atoms with Gasteiger partial charge in [0.25, 0.3) is 0 Å². The van der Waals surface area contributed by atoms with E-state index in [1.54, 1.807) is 4.90 Å². The molecule has 1 aromatic carbocycles. The van der Waals surface area contributed by atoms with Gasteiger partial charge in [-0.3, -0.25) is 9.80 Å². The first-order valence-corrected chi connectivity index (χ1v) is 10.1. The first kappa shape index (κ1) is 23.6. The number of piperidine rings is 1. The van der Waals surface area contributed by atoms with Crippen LogP contribution in [0.25, 0.3) is 0 Å². The Labute approximate surface area is 170 Å². The third-order valence-corrected chi connectivity index (χ3v) is 4.76. The van der Waals surface area contributed by atoms with Crippen LogP contribution in [0.5, 0.6) is 5.75 Å². The van der Waals surface area contributed by atoms with Crippen LogP contribution in [-0.4, -0.2) is 50.4 Å². The molecule has 0 aromatic heterocycles. The molecule has 1 fully saturated rings. The maximum Gasteiger partial charge on any atom is 0.414 e. The van der Waals surface area contributed by atoms with E-state index in [4.69, 9.17) is 9.47 Å². The minimum absolute atomic E-state index is 0. The highest BCUT2D eigenvalue weighted by molar-refractivity contribution is 5.87. The third kappa shape index (κ3) is 8.39. The van der Waals surface area contributed by atoms with Gasteiger partial charge in [-0.2, -0.15) is 0 Å². The molecule has 0 N–H and O–H groups in total. The second-order valence-corrected chi connectivity index (χ2v) is 6.81. The number of unbranched alkanes of at least 4 members (excludes halogenated alkanes) is 2. The van der Waals surface area contributed by atoms with E-state index in [0.29, 0.717) is 19.8 Å². The zero-order chi connectivity index (χ0) is 18.6. The molecule has 0 unspecified atom stereocenters. The quantitative estimate of drug-likeness (QED) is 0.512. The Morgan fingerprint density at radius 3 is 2.59 bits per heavy atom. The largest absolute Gasteiger partial charge is 0.494 e. The van der Waals surface area contributed by atoms with Crippen molar-refractivity contribution in [1.29, 1.82) is 0 Å². The second-order valence-electron chi connectivity index (χ2n) is 6.81. The summed E-state index contributed by atoms with van der Waals surface area (Å²) < 4.78 is 11.3. The first-order valence-electron chi connectivity index (χ1n) is 10.1. The van der Waals surface area contributed by atoms with Crippen molar-refractivity contribution in [2.45, 2.75) is 52.4 Å². The van der Waals surface area contributed by atoms with Gasteiger partial charge in [0.1, 0.15) is 12.4 Å². The monoisotopic (exact) mass is 398 g/mol.